The predicted molar refractivity (Wildman–Crippen MR) is 128 cm³/mol. The van der Waals surface area contributed by atoms with E-state index in [9.17, 15) is 13.6 Å². The second-order valence-corrected chi connectivity index (χ2v) is 9.40. The van der Waals surface area contributed by atoms with E-state index < -0.39 is 17.3 Å². The van der Waals surface area contributed by atoms with Gasteiger partial charge in [-0.2, -0.15) is 4.98 Å². The van der Waals surface area contributed by atoms with Gasteiger partial charge in [0.05, 0.1) is 11.2 Å². The highest BCUT2D eigenvalue weighted by Crippen LogP contribution is 2.38. The molecule has 0 unspecified atom stereocenters. The van der Waals surface area contributed by atoms with Gasteiger partial charge in [-0.05, 0) is 50.7 Å². The number of amides is 1. The number of anilines is 3. The maximum Gasteiger partial charge on any atom is 0.224 e. The number of carbonyl (C=O) groups excluding carboxylic acids is 1. The number of ether oxygens (including phenoxy) is 1. The fraction of sp³-hybridized carbons (Fsp3) is 0.478. The zero-order valence-electron chi connectivity index (χ0n) is 18.9. The lowest BCUT2D eigenvalue weighted by molar-refractivity contribution is -0.122. The molecule has 35 heavy (non-hydrogen) atoms. The van der Waals surface area contributed by atoms with Gasteiger partial charge in [-0.15, -0.1) is 0 Å². The molecule has 1 aliphatic heterocycles. The van der Waals surface area contributed by atoms with Gasteiger partial charge in [-0.3, -0.25) is 9.36 Å². The molecule has 9 nitrogen and oxygen atoms in total. The Morgan fingerprint density at radius 2 is 1.86 bits per heavy atom. The molecule has 0 spiro atoms. The number of hydrogen-bond acceptors (Lipinski definition) is 7. The van der Waals surface area contributed by atoms with Gasteiger partial charge in [0.1, 0.15) is 17.0 Å². The van der Waals surface area contributed by atoms with E-state index in [1.807, 2.05) is 4.57 Å². The number of rotatable bonds is 6. The molecule has 2 aliphatic rings. The number of nitrogens with one attached hydrogen (secondary N) is 2. The van der Waals surface area contributed by atoms with Crippen LogP contribution >= 0.6 is 11.6 Å². The third kappa shape index (κ3) is 4.87. The molecule has 0 radical (unpaired) electrons. The fourth-order valence-corrected chi connectivity index (χ4v) is 4.95. The molecule has 186 valence electrons. The molecular formula is C23H26ClF2N7O2. The highest BCUT2D eigenvalue weighted by Gasteiger charge is 2.30. The first-order chi connectivity index (χ1) is 16.9. The summed E-state index contributed by atoms with van der Waals surface area (Å²) in [4.78, 5) is 25.3. The van der Waals surface area contributed by atoms with Crippen molar-refractivity contribution >= 4 is 46.3 Å². The minimum Gasteiger partial charge on any atom is -0.381 e. The summed E-state index contributed by atoms with van der Waals surface area (Å²) in [5.74, 6) is -1.54. The molecule has 4 N–H and O–H groups in total. The van der Waals surface area contributed by atoms with E-state index >= 15 is 0 Å². The summed E-state index contributed by atoms with van der Waals surface area (Å²) in [6.45, 7) is 1.34. The molecule has 1 saturated carbocycles. The maximum atomic E-state index is 14.7. The van der Waals surface area contributed by atoms with Crippen LogP contribution in [0.5, 0.6) is 0 Å². The number of benzene rings is 1. The number of nitrogens with zero attached hydrogens (tertiary/aromatic N) is 4. The minimum absolute atomic E-state index is 0.103. The molecule has 1 amide bonds. The van der Waals surface area contributed by atoms with Crippen LogP contribution in [0.2, 0.25) is 5.02 Å². The summed E-state index contributed by atoms with van der Waals surface area (Å²) in [7, 11) is 0. The maximum absolute atomic E-state index is 14.7. The molecule has 12 heteroatoms. The number of halogens is 3. The third-order valence-corrected chi connectivity index (χ3v) is 7.02. The largest absolute Gasteiger partial charge is 0.381 e. The first-order valence-electron chi connectivity index (χ1n) is 11.7. The van der Waals surface area contributed by atoms with E-state index in [4.69, 9.17) is 27.1 Å². The lowest BCUT2D eigenvalue weighted by Crippen LogP contribution is -2.29. The molecule has 3 aromatic rings. The third-order valence-electron chi connectivity index (χ3n) is 6.73. The van der Waals surface area contributed by atoms with E-state index in [1.165, 1.54) is 0 Å². The summed E-state index contributed by atoms with van der Waals surface area (Å²) in [5.41, 5.74) is 6.12. The summed E-state index contributed by atoms with van der Waals surface area (Å²) in [5, 5.41) is 5.93. The molecule has 1 aliphatic carbocycles. The Hall–Kier alpha value is -3.05. The first-order valence-corrected chi connectivity index (χ1v) is 12.1. The van der Waals surface area contributed by atoms with Crippen LogP contribution in [0, 0.1) is 17.6 Å². The number of nitrogens with two attached hydrogens (primary N) is 1. The lowest BCUT2D eigenvalue weighted by Gasteiger charge is -2.29. The number of carbonyl (C=O) groups is 1. The van der Waals surface area contributed by atoms with Crippen LogP contribution in [0.1, 0.15) is 44.6 Å². The van der Waals surface area contributed by atoms with Crippen molar-refractivity contribution in [2.24, 2.45) is 11.7 Å². The van der Waals surface area contributed by atoms with Crippen molar-refractivity contribution in [1.29, 1.82) is 0 Å². The number of aromatic nitrogens is 4. The van der Waals surface area contributed by atoms with Gasteiger partial charge in [-0.1, -0.05) is 11.6 Å². The van der Waals surface area contributed by atoms with Crippen molar-refractivity contribution in [2.75, 3.05) is 23.8 Å². The predicted octanol–water partition coefficient (Wildman–Crippen LogP) is 4.31. The van der Waals surface area contributed by atoms with Crippen LogP contribution < -0.4 is 16.4 Å². The quantitative estimate of drug-likeness (QED) is 0.427. The Labute approximate surface area is 205 Å². The molecule has 5 rings (SSSR count). The van der Waals surface area contributed by atoms with Gasteiger partial charge >= 0.3 is 0 Å². The highest BCUT2D eigenvalue weighted by atomic mass is 35.5. The molecule has 2 fully saturated rings. The van der Waals surface area contributed by atoms with Crippen LogP contribution in [0.3, 0.4) is 0 Å². The van der Waals surface area contributed by atoms with Crippen molar-refractivity contribution in [3.8, 4) is 0 Å². The van der Waals surface area contributed by atoms with Crippen LogP contribution in [-0.4, -0.2) is 44.7 Å². The minimum atomic E-state index is -0.907. The summed E-state index contributed by atoms with van der Waals surface area (Å²) in [6, 6.07) is 2.34. The van der Waals surface area contributed by atoms with Crippen molar-refractivity contribution in [3.63, 3.8) is 0 Å². The Balaban J connectivity index is 1.53. The van der Waals surface area contributed by atoms with Gasteiger partial charge < -0.3 is 21.1 Å². The Bertz CT molecular complexity index is 1240. The van der Waals surface area contributed by atoms with E-state index in [2.05, 4.69) is 20.6 Å². The van der Waals surface area contributed by atoms with Crippen LogP contribution in [0.25, 0.3) is 11.2 Å². The Kier molecular flexibility index (Phi) is 6.70. The number of hydrogen-bond donors (Lipinski definition) is 3. The number of primary amides is 1. The van der Waals surface area contributed by atoms with Gasteiger partial charge in [0.25, 0.3) is 0 Å². The normalized spacial score (nSPS) is 21.2. The van der Waals surface area contributed by atoms with E-state index in [1.54, 1.807) is 6.20 Å². The second-order valence-electron chi connectivity index (χ2n) is 8.99. The van der Waals surface area contributed by atoms with Gasteiger partial charge in [0.15, 0.2) is 11.5 Å². The highest BCUT2D eigenvalue weighted by molar-refractivity contribution is 6.31. The second kappa shape index (κ2) is 9.90. The monoisotopic (exact) mass is 505 g/mol. The van der Waals surface area contributed by atoms with Crippen molar-refractivity contribution in [2.45, 2.75) is 50.6 Å². The van der Waals surface area contributed by atoms with Crippen LogP contribution in [0.15, 0.2) is 18.3 Å². The van der Waals surface area contributed by atoms with Gasteiger partial charge in [0.2, 0.25) is 17.8 Å². The molecule has 1 aromatic carbocycles. The number of fused-ring (bicyclic) bond motifs is 1. The van der Waals surface area contributed by atoms with Crippen molar-refractivity contribution in [1.82, 2.24) is 19.5 Å². The standard InChI is InChI=1S/C23H26ClF2N7O2/c24-15-5-6-16(25)19(18(15)26)31-23-30-17-11-28-22(29-13-7-9-35-10-8-13)32-21(17)33(23)14-3-1-12(2-4-14)20(27)34/h5-6,11-14H,1-4,7-10H2,(H2,27,34)(H,30,31)(H,28,29,32)/t12-,14+. The van der Waals surface area contributed by atoms with Crippen LogP contribution in [0.4, 0.5) is 26.4 Å². The van der Waals surface area contributed by atoms with E-state index in [0.717, 1.165) is 25.0 Å². The zero-order chi connectivity index (χ0) is 24.5. The summed E-state index contributed by atoms with van der Waals surface area (Å²) in [6.07, 6.45) is 5.78. The number of imidazole rings is 1. The summed E-state index contributed by atoms with van der Waals surface area (Å²) < 4.78 is 36.4. The topological polar surface area (TPSA) is 120 Å². The molecule has 0 bridgehead atoms. The van der Waals surface area contributed by atoms with Gasteiger partial charge in [-0.25, -0.2) is 18.7 Å². The molecule has 0 atom stereocenters. The Morgan fingerprint density at radius 3 is 2.57 bits per heavy atom. The lowest BCUT2D eigenvalue weighted by atomic mass is 9.85. The summed E-state index contributed by atoms with van der Waals surface area (Å²) >= 11 is 5.89. The van der Waals surface area contributed by atoms with Crippen molar-refractivity contribution in [3.05, 3.63) is 35.0 Å². The van der Waals surface area contributed by atoms with E-state index in [-0.39, 0.29) is 34.9 Å². The molecular weight excluding hydrogens is 480 g/mol. The molecule has 2 aromatic heterocycles. The molecule has 3 heterocycles. The zero-order valence-corrected chi connectivity index (χ0v) is 19.7. The van der Waals surface area contributed by atoms with Crippen LogP contribution in [-0.2, 0) is 9.53 Å². The smallest absolute Gasteiger partial charge is 0.224 e. The Morgan fingerprint density at radius 1 is 1.11 bits per heavy atom. The molecule has 1 saturated heterocycles. The van der Waals surface area contributed by atoms with Gasteiger partial charge in [0, 0.05) is 31.2 Å². The average molecular weight is 506 g/mol. The van der Waals surface area contributed by atoms with E-state index in [0.29, 0.717) is 56.0 Å². The fourth-order valence-electron chi connectivity index (χ4n) is 4.79. The SMILES string of the molecule is NC(=O)[C@H]1CC[C@@H](n2c(Nc3c(F)ccc(Cl)c3F)nc3cnc(NC4CCOCC4)nc32)CC1. The van der Waals surface area contributed by atoms with Crippen molar-refractivity contribution < 1.29 is 18.3 Å². The average Bonchev–Trinajstić information content (AvgIpc) is 3.22. The first kappa shape index (κ1) is 23.7.